The van der Waals surface area contributed by atoms with Crippen LogP contribution in [0.25, 0.3) is 42.6 Å². The number of nitrogens with zero attached hydrogens (tertiary/aromatic N) is 2. The molecule has 0 bridgehead atoms. The standard InChI is InChI=1S/C35H24N2S/c1-3-9-25(10-4-1)26-15-19-30(20-16-26)37(29-11-5-2-6-12-29)31-21-17-27(18-22-31)28-23-34-35(36-24-28)32-13-7-8-14-33(32)38-34/h1-24H. The molecule has 3 heteroatoms. The van der Waals surface area contributed by atoms with E-state index in [0.717, 1.165) is 33.7 Å². The molecule has 38 heavy (non-hydrogen) atoms. The van der Waals surface area contributed by atoms with Crippen molar-refractivity contribution in [2.45, 2.75) is 0 Å². The number of hydrogen-bond donors (Lipinski definition) is 0. The lowest BCUT2D eigenvalue weighted by Crippen LogP contribution is -2.09. The Hall–Kier alpha value is -4.73. The molecule has 7 rings (SSSR count). The lowest BCUT2D eigenvalue weighted by Gasteiger charge is -2.26. The first-order chi connectivity index (χ1) is 18.8. The van der Waals surface area contributed by atoms with E-state index >= 15 is 0 Å². The van der Waals surface area contributed by atoms with Crippen molar-refractivity contribution in [3.8, 4) is 22.3 Å². The Morgan fingerprint density at radius 3 is 1.66 bits per heavy atom. The summed E-state index contributed by atoms with van der Waals surface area (Å²) in [5.74, 6) is 0. The highest BCUT2D eigenvalue weighted by Crippen LogP contribution is 2.38. The maximum absolute atomic E-state index is 4.83. The SMILES string of the molecule is c1ccc(-c2ccc(N(c3ccccc3)c3ccc(-c4cnc5c(c4)sc4ccccc45)cc3)cc2)cc1. The fourth-order valence-electron chi connectivity index (χ4n) is 5.01. The molecule has 0 radical (unpaired) electrons. The van der Waals surface area contributed by atoms with Crippen molar-refractivity contribution in [1.82, 2.24) is 4.98 Å². The van der Waals surface area contributed by atoms with Crippen molar-refractivity contribution in [3.63, 3.8) is 0 Å². The number of benzene rings is 5. The second kappa shape index (κ2) is 9.62. The van der Waals surface area contributed by atoms with Crippen LogP contribution in [0.1, 0.15) is 0 Å². The number of fused-ring (bicyclic) bond motifs is 3. The van der Waals surface area contributed by atoms with Gasteiger partial charge in [0.05, 0.1) is 10.2 Å². The number of rotatable bonds is 5. The van der Waals surface area contributed by atoms with Gasteiger partial charge in [-0.3, -0.25) is 4.98 Å². The van der Waals surface area contributed by atoms with E-state index in [1.807, 2.05) is 6.20 Å². The summed E-state index contributed by atoms with van der Waals surface area (Å²) in [4.78, 5) is 7.13. The van der Waals surface area contributed by atoms with Gasteiger partial charge in [-0.2, -0.15) is 0 Å². The number of hydrogen-bond acceptors (Lipinski definition) is 3. The predicted molar refractivity (Wildman–Crippen MR) is 163 cm³/mol. The fraction of sp³-hybridized carbons (Fsp3) is 0. The van der Waals surface area contributed by atoms with Gasteiger partial charge in [-0.1, -0.05) is 91.0 Å². The van der Waals surface area contributed by atoms with Crippen LogP contribution in [0.15, 0.2) is 146 Å². The molecule has 0 saturated heterocycles. The maximum atomic E-state index is 4.83. The molecular formula is C35H24N2S. The molecule has 0 aliphatic carbocycles. The minimum Gasteiger partial charge on any atom is -0.311 e. The van der Waals surface area contributed by atoms with Gasteiger partial charge in [0, 0.05) is 38.9 Å². The van der Waals surface area contributed by atoms with Crippen LogP contribution in [0, 0.1) is 0 Å². The van der Waals surface area contributed by atoms with Gasteiger partial charge in [0.15, 0.2) is 0 Å². The van der Waals surface area contributed by atoms with Crippen molar-refractivity contribution in [2.75, 3.05) is 4.90 Å². The average Bonchev–Trinajstić information content (AvgIpc) is 3.37. The normalized spacial score (nSPS) is 11.2. The Balaban J connectivity index is 1.25. The first kappa shape index (κ1) is 22.5. The summed E-state index contributed by atoms with van der Waals surface area (Å²) in [6.45, 7) is 0. The number of thiophene rings is 1. The Labute approximate surface area is 226 Å². The van der Waals surface area contributed by atoms with Crippen LogP contribution in [0.2, 0.25) is 0 Å². The van der Waals surface area contributed by atoms with Gasteiger partial charge in [-0.25, -0.2) is 0 Å². The molecule has 2 nitrogen and oxygen atoms in total. The molecule has 2 aromatic heterocycles. The minimum atomic E-state index is 1.08. The van der Waals surface area contributed by atoms with Gasteiger partial charge >= 0.3 is 0 Å². The lowest BCUT2D eigenvalue weighted by molar-refractivity contribution is 1.28. The summed E-state index contributed by atoms with van der Waals surface area (Å²) in [6.07, 6.45) is 1.99. The Morgan fingerprint density at radius 2 is 0.974 bits per heavy atom. The highest BCUT2D eigenvalue weighted by Gasteiger charge is 2.13. The Bertz CT molecular complexity index is 1840. The van der Waals surface area contributed by atoms with E-state index in [9.17, 15) is 0 Å². The maximum Gasteiger partial charge on any atom is 0.0888 e. The number of pyridine rings is 1. The zero-order valence-electron chi connectivity index (χ0n) is 20.7. The molecule has 0 N–H and O–H groups in total. The van der Waals surface area contributed by atoms with Crippen LogP contribution >= 0.6 is 11.3 Å². The van der Waals surface area contributed by atoms with Gasteiger partial charge < -0.3 is 4.90 Å². The molecule has 0 aliphatic heterocycles. The summed E-state index contributed by atoms with van der Waals surface area (Å²) >= 11 is 1.80. The largest absolute Gasteiger partial charge is 0.311 e. The molecule has 0 atom stereocenters. The van der Waals surface area contributed by atoms with Crippen molar-refractivity contribution < 1.29 is 0 Å². The van der Waals surface area contributed by atoms with Crippen LogP contribution in [-0.4, -0.2) is 4.98 Å². The summed E-state index contributed by atoms with van der Waals surface area (Å²) < 4.78 is 2.50. The van der Waals surface area contributed by atoms with E-state index in [1.165, 1.54) is 25.9 Å². The third kappa shape index (κ3) is 4.13. The first-order valence-corrected chi connectivity index (χ1v) is 13.5. The van der Waals surface area contributed by atoms with Crippen molar-refractivity contribution >= 4 is 48.7 Å². The smallest absolute Gasteiger partial charge is 0.0888 e. The molecule has 0 fully saturated rings. The molecule has 0 unspecified atom stereocenters. The van der Waals surface area contributed by atoms with Crippen molar-refractivity contribution in [2.24, 2.45) is 0 Å². The lowest BCUT2D eigenvalue weighted by atomic mass is 10.0. The minimum absolute atomic E-state index is 1.08. The molecule has 2 heterocycles. The van der Waals surface area contributed by atoms with Crippen LogP contribution in [0.4, 0.5) is 17.1 Å². The zero-order valence-corrected chi connectivity index (χ0v) is 21.5. The fourth-order valence-corrected chi connectivity index (χ4v) is 6.12. The van der Waals surface area contributed by atoms with E-state index in [1.54, 1.807) is 11.3 Å². The average molecular weight is 505 g/mol. The molecule has 180 valence electrons. The second-order valence-electron chi connectivity index (χ2n) is 9.30. The summed E-state index contributed by atoms with van der Waals surface area (Å²) in [7, 11) is 0. The first-order valence-electron chi connectivity index (χ1n) is 12.7. The number of anilines is 3. The van der Waals surface area contributed by atoms with Crippen LogP contribution in [0.5, 0.6) is 0 Å². The molecule has 7 aromatic rings. The third-order valence-electron chi connectivity index (χ3n) is 6.92. The third-order valence-corrected chi connectivity index (χ3v) is 8.03. The van der Waals surface area contributed by atoms with Crippen LogP contribution < -0.4 is 4.90 Å². The Kier molecular flexibility index (Phi) is 5.69. The predicted octanol–water partition coefficient (Wildman–Crippen LogP) is 10.3. The summed E-state index contributed by atoms with van der Waals surface area (Å²) in [5.41, 5.74) is 9.17. The van der Waals surface area contributed by atoms with Gasteiger partial charge in [0.1, 0.15) is 0 Å². The number of para-hydroxylation sites is 1. The Morgan fingerprint density at radius 1 is 0.447 bits per heavy atom. The van der Waals surface area contributed by atoms with E-state index in [4.69, 9.17) is 4.98 Å². The molecule has 0 aliphatic rings. The van der Waals surface area contributed by atoms with E-state index in [-0.39, 0.29) is 0 Å². The number of aromatic nitrogens is 1. The molecule has 0 amide bonds. The molecule has 0 spiro atoms. The van der Waals surface area contributed by atoms with Crippen molar-refractivity contribution in [1.29, 1.82) is 0 Å². The van der Waals surface area contributed by atoms with Gasteiger partial charge in [-0.15, -0.1) is 11.3 Å². The van der Waals surface area contributed by atoms with Crippen LogP contribution in [-0.2, 0) is 0 Å². The highest BCUT2D eigenvalue weighted by molar-refractivity contribution is 7.25. The van der Waals surface area contributed by atoms with Crippen LogP contribution in [0.3, 0.4) is 0 Å². The summed E-state index contributed by atoms with van der Waals surface area (Å²) in [5, 5.41) is 1.23. The van der Waals surface area contributed by atoms with Gasteiger partial charge in [0.2, 0.25) is 0 Å². The van der Waals surface area contributed by atoms with E-state index in [2.05, 4.69) is 144 Å². The second-order valence-corrected chi connectivity index (χ2v) is 10.4. The molecular weight excluding hydrogens is 480 g/mol. The van der Waals surface area contributed by atoms with E-state index in [0.29, 0.717) is 0 Å². The van der Waals surface area contributed by atoms with Gasteiger partial charge in [0.25, 0.3) is 0 Å². The quantitative estimate of drug-likeness (QED) is 0.232. The topological polar surface area (TPSA) is 16.1 Å². The highest BCUT2D eigenvalue weighted by atomic mass is 32.1. The summed E-state index contributed by atoms with van der Waals surface area (Å²) in [6, 6.07) is 49.3. The monoisotopic (exact) mass is 504 g/mol. The molecule has 5 aromatic carbocycles. The zero-order chi connectivity index (χ0) is 25.3. The van der Waals surface area contributed by atoms with Gasteiger partial charge in [-0.05, 0) is 65.2 Å². The van der Waals surface area contributed by atoms with E-state index < -0.39 is 0 Å². The molecule has 0 saturated carbocycles. The van der Waals surface area contributed by atoms with Crippen molar-refractivity contribution in [3.05, 3.63) is 146 Å².